The number of amides is 2. The summed E-state index contributed by atoms with van der Waals surface area (Å²) in [5.74, 6) is 0.194. The Morgan fingerprint density at radius 2 is 1.66 bits per heavy atom. The molecule has 3 aromatic rings. The predicted octanol–water partition coefficient (Wildman–Crippen LogP) is 5.67. The Morgan fingerprint density at radius 3 is 2.32 bits per heavy atom. The molecule has 6 heteroatoms. The van der Waals surface area contributed by atoms with E-state index in [1.807, 2.05) is 33.3 Å². The predicted molar refractivity (Wildman–Crippen MR) is 155 cm³/mol. The Morgan fingerprint density at radius 1 is 0.947 bits per heavy atom. The standard InChI is InChI=1S/C32H39N3O2S/c1-22-6-8-24(9-7-22)30-27-15-19-38-28(27)14-16-34(30)21-29(36)33-17-18-35(23(2)20-33)31(37)25-10-12-26(13-11-25)32(3,4)5/h6-13,15,19,23,30H,14,16-18,20-21H2,1-5H3/t23-,30+/m0/s1. The van der Waals surface area contributed by atoms with Crippen LogP contribution in [0.3, 0.4) is 0 Å². The Bertz CT molecular complexity index is 1290. The smallest absolute Gasteiger partial charge is 0.254 e. The highest BCUT2D eigenvalue weighted by Gasteiger charge is 2.34. The van der Waals surface area contributed by atoms with E-state index in [-0.39, 0.29) is 29.3 Å². The Hall–Kier alpha value is -2.96. The summed E-state index contributed by atoms with van der Waals surface area (Å²) in [6, 6.07) is 19.0. The zero-order valence-corrected chi connectivity index (χ0v) is 24.1. The van der Waals surface area contributed by atoms with Crippen molar-refractivity contribution in [3.05, 3.63) is 92.7 Å². The number of benzene rings is 2. The van der Waals surface area contributed by atoms with Crippen molar-refractivity contribution in [2.45, 2.75) is 58.5 Å². The van der Waals surface area contributed by atoms with Crippen molar-refractivity contribution in [1.29, 1.82) is 0 Å². The molecule has 2 atom stereocenters. The van der Waals surface area contributed by atoms with Crippen molar-refractivity contribution in [2.24, 2.45) is 0 Å². The normalized spacial score (nSPS) is 20.3. The van der Waals surface area contributed by atoms with Gasteiger partial charge in [-0.15, -0.1) is 11.3 Å². The van der Waals surface area contributed by atoms with Gasteiger partial charge >= 0.3 is 0 Å². The zero-order valence-electron chi connectivity index (χ0n) is 23.2. The van der Waals surface area contributed by atoms with Crippen LogP contribution in [-0.4, -0.2) is 65.3 Å². The number of hydrogen-bond donors (Lipinski definition) is 0. The molecule has 0 unspecified atom stereocenters. The first-order chi connectivity index (χ1) is 18.1. The highest BCUT2D eigenvalue weighted by molar-refractivity contribution is 7.10. The topological polar surface area (TPSA) is 43.9 Å². The van der Waals surface area contributed by atoms with Crippen LogP contribution in [-0.2, 0) is 16.6 Å². The van der Waals surface area contributed by atoms with Crippen LogP contribution in [0.2, 0.25) is 0 Å². The lowest BCUT2D eigenvalue weighted by molar-refractivity contribution is -0.135. The molecule has 0 aliphatic carbocycles. The third kappa shape index (κ3) is 5.43. The molecule has 2 aromatic carbocycles. The number of carbonyl (C=O) groups is 2. The minimum atomic E-state index is -0.0276. The summed E-state index contributed by atoms with van der Waals surface area (Å²) in [5, 5.41) is 2.17. The molecule has 5 nitrogen and oxygen atoms in total. The van der Waals surface area contributed by atoms with Gasteiger partial charge in [0.25, 0.3) is 5.91 Å². The van der Waals surface area contributed by atoms with Crippen molar-refractivity contribution in [1.82, 2.24) is 14.7 Å². The van der Waals surface area contributed by atoms with E-state index in [0.717, 1.165) is 13.0 Å². The zero-order chi connectivity index (χ0) is 27.0. The summed E-state index contributed by atoms with van der Waals surface area (Å²) in [6.07, 6.45) is 0.981. The molecule has 0 N–H and O–H groups in total. The lowest BCUT2D eigenvalue weighted by atomic mass is 9.86. The summed E-state index contributed by atoms with van der Waals surface area (Å²) < 4.78 is 0. The van der Waals surface area contributed by atoms with Crippen LogP contribution in [0.25, 0.3) is 0 Å². The van der Waals surface area contributed by atoms with E-state index in [0.29, 0.717) is 31.7 Å². The molecule has 3 heterocycles. The number of nitrogens with zero attached hydrogens (tertiary/aromatic N) is 3. The van der Waals surface area contributed by atoms with E-state index in [1.165, 1.54) is 27.1 Å². The molecule has 1 saturated heterocycles. The maximum atomic E-state index is 13.6. The molecular weight excluding hydrogens is 490 g/mol. The minimum Gasteiger partial charge on any atom is -0.338 e. The summed E-state index contributed by atoms with van der Waals surface area (Å²) in [7, 11) is 0. The molecule has 1 aromatic heterocycles. The van der Waals surface area contributed by atoms with Gasteiger partial charge in [-0.05, 0) is 66.0 Å². The molecule has 2 aliphatic heterocycles. The lowest BCUT2D eigenvalue weighted by Crippen LogP contribution is -2.57. The number of fused-ring (bicyclic) bond motifs is 1. The van der Waals surface area contributed by atoms with Crippen LogP contribution in [0, 0.1) is 6.92 Å². The second-order valence-electron chi connectivity index (χ2n) is 11.8. The van der Waals surface area contributed by atoms with Gasteiger partial charge in [0.1, 0.15) is 0 Å². The summed E-state index contributed by atoms with van der Waals surface area (Å²) in [4.78, 5) is 34.5. The number of carbonyl (C=O) groups excluding carboxylic acids is 2. The first kappa shape index (κ1) is 26.6. The van der Waals surface area contributed by atoms with Gasteiger partial charge in [0.2, 0.25) is 5.91 Å². The number of rotatable bonds is 4. The van der Waals surface area contributed by atoms with Crippen molar-refractivity contribution in [3.63, 3.8) is 0 Å². The number of thiophene rings is 1. The van der Waals surface area contributed by atoms with Crippen LogP contribution in [0.4, 0.5) is 0 Å². The first-order valence-electron chi connectivity index (χ1n) is 13.7. The largest absolute Gasteiger partial charge is 0.338 e. The molecule has 0 bridgehead atoms. The van der Waals surface area contributed by atoms with Crippen LogP contribution in [0.1, 0.15) is 71.2 Å². The second-order valence-corrected chi connectivity index (χ2v) is 12.8. The fraction of sp³-hybridized carbons (Fsp3) is 0.438. The molecule has 5 rings (SSSR count). The highest BCUT2D eigenvalue weighted by atomic mass is 32.1. The van der Waals surface area contributed by atoms with E-state index >= 15 is 0 Å². The molecule has 0 radical (unpaired) electrons. The van der Waals surface area contributed by atoms with E-state index in [4.69, 9.17) is 0 Å². The fourth-order valence-electron chi connectivity index (χ4n) is 5.72. The molecule has 0 saturated carbocycles. The number of aryl methyl sites for hydroxylation is 1. The second kappa shape index (κ2) is 10.7. The van der Waals surface area contributed by atoms with Gasteiger partial charge in [0.15, 0.2) is 0 Å². The van der Waals surface area contributed by atoms with Gasteiger partial charge in [-0.25, -0.2) is 0 Å². The third-order valence-electron chi connectivity index (χ3n) is 8.04. The Labute approximate surface area is 231 Å². The molecule has 1 fully saturated rings. The molecule has 0 spiro atoms. The molecule has 200 valence electrons. The summed E-state index contributed by atoms with van der Waals surface area (Å²) in [5.41, 5.74) is 5.80. The van der Waals surface area contributed by atoms with Gasteiger partial charge in [0, 0.05) is 42.7 Å². The average Bonchev–Trinajstić information content (AvgIpc) is 3.37. The fourth-order valence-corrected chi connectivity index (χ4v) is 6.62. The molecular formula is C32H39N3O2S. The van der Waals surface area contributed by atoms with Crippen LogP contribution >= 0.6 is 11.3 Å². The molecule has 2 amide bonds. The van der Waals surface area contributed by atoms with Crippen molar-refractivity contribution < 1.29 is 9.59 Å². The highest BCUT2D eigenvalue weighted by Crippen LogP contribution is 2.37. The number of piperazine rings is 1. The lowest BCUT2D eigenvalue weighted by Gasteiger charge is -2.42. The van der Waals surface area contributed by atoms with Gasteiger partial charge < -0.3 is 9.80 Å². The van der Waals surface area contributed by atoms with E-state index < -0.39 is 0 Å². The van der Waals surface area contributed by atoms with E-state index in [2.05, 4.69) is 87.4 Å². The maximum absolute atomic E-state index is 13.6. The van der Waals surface area contributed by atoms with E-state index in [1.54, 1.807) is 0 Å². The Balaban J connectivity index is 1.25. The average molecular weight is 530 g/mol. The summed E-state index contributed by atoms with van der Waals surface area (Å²) >= 11 is 1.82. The number of hydrogen-bond acceptors (Lipinski definition) is 4. The first-order valence-corrected chi connectivity index (χ1v) is 14.6. The summed E-state index contributed by atoms with van der Waals surface area (Å²) in [6.45, 7) is 13.6. The van der Waals surface area contributed by atoms with Gasteiger partial charge in [-0.1, -0.05) is 62.7 Å². The SMILES string of the molecule is Cc1ccc([C@@H]2c3ccsc3CCN2CC(=O)N2CCN(C(=O)c3ccc(C(C)(C)C)cc3)[C@@H](C)C2)cc1. The monoisotopic (exact) mass is 529 g/mol. The van der Waals surface area contributed by atoms with Crippen molar-refractivity contribution >= 4 is 23.2 Å². The third-order valence-corrected chi connectivity index (χ3v) is 9.03. The quantitative estimate of drug-likeness (QED) is 0.437. The van der Waals surface area contributed by atoms with E-state index in [9.17, 15) is 9.59 Å². The van der Waals surface area contributed by atoms with Crippen molar-refractivity contribution in [2.75, 3.05) is 32.7 Å². The maximum Gasteiger partial charge on any atom is 0.254 e. The van der Waals surface area contributed by atoms with Crippen LogP contribution in [0.5, 0.6) is 0 Å². The van der Waals surface area contributed by atoms with Gasteiger partial charge in [-0.3, -0.25) is 14.5 Å². The van der Waals surface area contributed by atoms with Crippen molar-refractivity contribution in [3.8, 4) is 0 Å². The van der Waals surface area contributed by atoms with Crippen LogP contribution < -0.4 is 0 Å². The van der Waals surface area contributed by atoms with Gasteiger partial charge in [0.05, 0.1) is 12.6 Å². The molecule has 2 aliphatic rings. The van der Waals surface area contributed by atoms with Crippen LogP contribution in [0.15, 0.2) is 60.0 Å². The minimum absolute atomic E-state index is 0.0276. The Kier molecular flexibility index (Phi) is 7.47. The molecule has 38 heavy (non-hydrogen) atoms. The van der Waals surface area contributed by atoms with Gasteiger partial charge in [-0.2, -0.15) is 0 Å².